The van der Waals surface area contributed by atoms with Crippen LogP contribution in [0.1, 0.15) is 58.4 Å². The molecule has 50 heavy (non-hydrogen) atoms. The minimum atomic E-state index is -0.522. The van der Waals surface area contributed by atoms with Gasteiger partial charge in [-0.25, -0.2) is 4.85 Å². The number of fused-ring (bicyclic) bond motifs is 12. The van der Waals surface area contributed by atoms with Gasteiger partial charge in [-0.2, -0.15) is 0 Å². The molecule has 3 aliphatic carbocycles. The third-order valence-electron chi connectivity index (χ3n) is 11.4. The highest BCUT2D eigenvalue weighted by Crippen LogP contribution is 2.61. The lowest BCUT2D eigenvalue weighted by atomic mass is 9.65. The fourth-order valence-corrected chi connectivity index (χ4v) is 9.01. The first-order valence-corrected chi connectivity index (χ1v) is 17.2. The van der Waals surface area contributed by atoms with Gasteiger partial charge in [0.25, 0.3) is 0 Å². The molecule has 0 N–H and O–H groups in total. The topological polar surface area (TPSA) is 17.2 Å². The zero-order valence-electron chi connectivity index (χ0n) is 27.9. The Morgan fingerprint density at radius 3 is 1.82 bits per heavy atom. The number of hydrogen-bond donors (Lipinski definition) is 0. The average Bonchev–Trinajstić information content (AvgIpc) is 3.51. The Hall–Kier alpha value is -6.30. The lowest BCUT2D eigenvalue weighted by Crippen LogP contribution is -2.30. The third-order valence-corrected chi connectivity index (χ3v) is 11.4. The Labute approximate surface area is 292 Å². The third kappa shape index (κ3) is 3.81. The van der Waals surface area contributed by atoms with Gasteiger partial charge in [-0.1, -0.05) is 141 Å². The molecule has 0 bridgehead atoms. The molecule has 2 heteroatoms. The second-order valence-corrected chi connectivity index (χ2v) is 14.2. The predicted octanol–water partition coefficient (Wildman–Crippen LogP) is 12.1. The lowest BCUT2D eigenvalue weighted by molar-refractivity contribution is 0.660. The summed E-state index contributed by atoms with van der Waals surface area (Å²) in [7, 11) is 0. The molecular formula is C48H32N2. The molecule has 234 valence electrons. The van der Waals surface area contributed by atoms with Gasteiger partial charge in [-0.05, 0) is 102 Å². The predicted molar refractivity (Wildman–Crippen MR) is 205 cm³/mol. The van der Waals surface area contributed by atoms with Crippen LogP contribution >= 0.6 is 0 Å². The van der Waals surface area contributed by atoms with Gasteiger partial charge in [-0.3, -0.25) is 4.98 Å². The van der Waals surface area contributed by atoms with Crippen molar-refractivity contribution in [3.8, 4) is 44.6 Å². The van der Waals surface area contributed by atoms with E-state index in [4.69, 9.17) is 11.6 Å². The van der Waals surface area contributed by atoms with Gasteiger partial charge in [0.05, 0.1) is 17.7 Å². The highest BCUT2D eigenvalue weighted by molar-refractivity contribution is 5.95. The molecule has 3 aliphatic rings. The van der Waals surface area contributed by atoms with Crippen LogP contribution in [-0.4, -0.2) is 4.98 Å². The number of rotatable bonds is 2. The molecule has 10 rings (SSSR count). The van der Waals surface area contributed by atoms with Gasteiger partial charge in [0, 0.05) is 17.2 Å². The minimum Gasteiger partial charge on any atom is -0.256 e. The van der Waals surface area contributed by atoms with E-state index in [9.17, 15) is 0 Å². The molecule has 6 aromatic carbocycles. The van der Waals surface area contributed by atoms with Gasteiger partial charge < -0.3 is 0 Å². The van der Waals surface area contributed by atoms with Crippen molar-refractivity contribution in [3.05, 3.63) is 202 Å². The lowest BCUT2D eigenvalue weighted by Gasteiger charge is -2.36. The molecule has 1 atom stereocenters. The maximum Gasteiger partial charge on any atom is 0.187 e. The van der Waals surface area contributed by atoms with Crippen LogP contribution in [0.4, 0.5) is 5.69 Å². The van der Waals surface area contributed by atoms with E-state index in [0.717, 1.165) is 22.4 Å². The van der Waals surface area contributed by atoms with E-state index in [1.807, 2.05) is 30.5 Å². The maximum atomic E-state index is 7.29. The second kappa shape index (κ2) is 10.3. The number of aromatic nitrogens is 1. The van der Waals surface area contributed by atoms with Crippen molar-refractivity contribution in [1.82, 2.24) is 4.98 Å². The normalized spacial score (nSPS) is 16.7. The van der Waals surface area contributed by atoms with E-state index in [-0.39, 0.29) is 5.41 Å². The Morgan fingerprint density at radius 2 is 1.08 bits per heavy atom. The quantitative estimate of drug-likeness (QED) is 0.173. The number of pyridine rings is 1. The summed E-state index contributed by atoms with van der Waals surface area (Å²) in [5.74, 6) is 0. The Kier molecular flexibility index (Phi) is 5.94. The minimum absolute atomic E-state index is 0.0855. The summed E-state index contributed by atoms with van der Waals surface area (Å²) in [5.41, 5.74) is 19.9. The molecule has 7 aromatic rings. The Bertz CT molecular complexity index is 2620. The highest BCUT2D eigenvalue weighted by Gasteiger charge is 2.50. The first kappa shape index (κ1) is 28.7. The van der Waals surface area contributed by atoms with Crippen molar-refractivity contribution in [2.75, 3.05) is 0 Å². The Balaban J connectivity index is 1.23. The zero-order valence-corrected chi connectivity index (χ0v) is 27.9. The summed E-state index contributed by atoms with van der Waals surface area (Å²) < 4.78 is 0. The monoisotopic (exact) mass is 636 g/mol. The summed E-state index contributed by atoms with van der Waals surface area (Å²) >= 11 is 0. The summed E-state index contributed by atoms with van der Waals surface area (Å²) in [6.07, 6.45) is 6.58. The van der Waals surface area contributed by atoms with Gasteiger partial charge >= 0.3 is 0 Å². The van der Waals surface area contributed by atoms with Crippen molar-refractivity contribution < 1.29 is 0 Å². The van der Waals surface area contributed by atoms with Crippen LogP contribution in [0.5, 0.6) is 0 Å². The number of hydrogen-bond acceptors (Lipinski definition) is 1. The van der Waals surface area contributed by atoms with Crippen LogP contribution in [0.25, 0.3) is 61.6 Å². The molecule has 1 spiro atoms. The Morgan fingerprint density at radius 1 is 0.480 bits per heavy atom. The van der Waals surface area contributed by atoms with Crippen molar-refractivity contribution in [1.29, 1.82) is 0 Å². The van der Waals surface area contributed by atoms with Crippen LogP contribution in [-0.2, 0) is 10.8 Å². The first-order chi connectivity index (χ1) is 24.5. The van der Waals surface area contributed by atoms with Crippen molar-refractivity contribution in [2.24, 2.45) is 0 Å². The van der Waals surface area contributed by atoms with E-state index < -0.39 is 5.41 Å². The maximum absolute atomic E-state index is 7.29. The first-order valence-electron chi connectivity index (χ1n) is 17.2. The summed E-state index contributed by atoms with van der Waals surface area (Å²) in [5, 5.41) is 0. The SMILES string of the molecule is [C-]#[N+]c1ccc(-c2ccc(-c3ccc4c(c3)C3(c5ccccc5C=C4)c4ccccc4-c4cc5c(cc43)-c3ccccc3C5(C)C)cn2)cc1. The zero-order chi connectivity index (χ0) is 33.6. The van der Waals surface area contributed by atoms with E-state index in [2.05, 4.69) is 146 Å². The molecule has 0 amide bonds. The van der Waals surface area contributed by atoms with Crippen LogP contribution in [0.3, 0.4) is 0 Å². The van der Waals surface area contributed by atoms with Crippen molar-refractivity contribution in [2.45, 2.75) is 24.7 Å². The van der Waals surface area contributed by atoms with E-state index in [1.54, 1.807) is 0 Å². The average molecular weight is 637 g/mol. The molecule has 0 radical (unpaired) electrons. The molecule has 0 saturated carbocycles. The molecule has 0 aliphatic heterocycles. The number of benzene rings is 6. The van der Waals surface area contributed by atoms with E-state index >= 15 is 0 Å². The van der Waals surface area contributed by atoms with Gasteiger partial charge in [0.1, 0.15) is 0 Å². The van der Waals surface area contributed by atoms with E-state index in [1.165, 1.54) is 66.8 Å². The smallest absolute Gasteiger partial charge is 0.187 e. The fourth-order valence-electron chi connectivity index (χ4n) is 9.01. The van der Waals surface area contributed by atoms with Crippen LogP contribution in [0.2, 0.25) is 0 Å². The van der Waals surface area contributed by atoms with E-state index in [0.29, 0.717) is 5.69 Å². The molecule has 1 unspecified atom stereocenters. The van der Waals surface area contributed by atoms with Crippen LogP contribution < -0.4 is 0 Å². The van der Waals surface area contributed by atoms with Crippen LogP contribution in [0, 0.1) is 6.57 Å². The molecule has 1 aromatic heterocycles. The summed E-state index contributed by atoms with van der Waals surface area (Å²) in [4.78, 5) is 8.42. The second-order valence-electron chi connectivity index (χ2n) is 14.2. The van der Waals surface area contributed by atoms with Gasteiger partial charge in [-0.15, -0.1) is 0 Å². The molecule has 1 heterocycles. The largest absolute Gasteiger partial charge is 0.256 e. The number of nitrogens with zero attached hydrogens (tertiary/aromatic N) is 2. The molecule has 0 saturated heterocycles. The van der Waals surface area contributed by atoms with Gasteiger partial charge in [0.2, 0.25) is 0 Å². The van der Waals surface area contributed by atoms with Crippen molar-refractivity contribution in [3.63, 3.8) is 0 Å². The summed E-state index contributed by atoms with van der Waals surface area (Å²) in [6.45, 7) is 12.0. The van der Waals surface area contributed by atoms with Gasteiger partial charge in [0.15, 0.2) is 5.69 Å². The molecule has 0 fully saturated rings. The standard InChI is InChI=1S/C48H32N2/c1-47(2)41-14-8-5-11-36(41)38-28-45-39(27-44(38)47)37-12-6-9-15-42(37)48(45)40-13-7-4-10-30(40)16-17-31-18-19-33(26-43(31)48)34-22-25-46(50-29-34)32-20-23-35(49-3)24-21-32/h4-29H,1-2H3. The van der Waals surface area contributed by atoms with Crippen molar-refractivity contribution >= 4 is 17.8 Å². The summed E-state index contributed by atoms with van der Waals surface area (Å²) in [6, 6.07) is 50.9. The fraction of sp³-hybridized carbons (Fsp3) is 0.0833. The highest BCUT2D eigenvalue weighted by atomic mass is 14.7. The molecular weight excluding hydrogens is 605 g/mol. The van der Waals surface area contributed by atoms with Crippen LogP contribution in [0.15, 0.2) is 146 Å². The molecule has 2 nitrogen and oxygen atoms in total.